The van der Waals surface area contributed by atoms with E-state index in [1.54, 1.807) is 12.3 Å². The standard InChI is InChI=1S/C22H25N3O5S/c1-25(2)31(27,28)20-14-17(12-13-18(20)29-3)24-21(26)10-7-11-22-23-15-19(30-22)16-8-5-4-6-9-16/h4-6,8-9,12-15H,7,10-11H2,1-3H3,(H,24,26). The average molecular weight is 444 g/mol. The second kappa shape index (κ2) is 9.76. The summed E-state index contributed by atoms with van der Waals surface area (Å²) in [6.07, 6.45) is 2.97. The average Bonchev–Trinajstić information content (AvgIpc) is 3.23. The highest BCUT2D eigenvalue weighted by Crippen LogP contribution is 2.29. The van der Waals surface area contributed by atoms with Crippen LogP contribution in [0.25, 0.3) is 11.3 Å². The first-order chi connectivity index (χ1) is 14.8. The minimum Gasteiger partial charge on any atom is -0.495 e. The Labute approximate surface area is 181 Å². The summed E-state index contributed by atoms with van der Waals surface area (Å²) < 4.78 is 37.0. The molecule has 0 atom stereocenters. The van der Waals surface area contributed by atoms with E-state index < -0.39 is 10.0 Å². The molecule has 164 valence electrons. The molecule has 2 aromatic carbocycles. The van der Waals surface area contributed by atoms with E-state index in [9.17, 15) is 13.2 Å². The van der Waals surface area contributed by atoms with Gasteiger partial charge in [0.25, 0.3) is 0 Å². The Kier molecular flexibility index (Phi) is 7.09. The molecule has 9 heteroatoms. The summed E-state index contributed by atoms with van der Waals surface area (Å²) in [4.78, 5) is 16.6. The number of amides is 1. The summed E-state index contributed by atoms with van der Waals surface area (Å²) in [5.74, 6) is 1.24. The lowest BCUT2D eigenvalue weighted by atomic mass is 10.2. The van der Waals surface area contributed by atoms with Crippen molar-refractivity contribution in [2.45, 2.75) is 24.2 Å². The monoisotopic (exact) mass is 443 g/mol. The maximum atomic E-state index is 12.5. The number of nitrogens with one attached hydrogen (secondary N) is 1. The zero-order chi connectivity index (χ0) is 22.4. The van der Waals surface area contributed by atoms with Gasteiger partial charge < -0.3 is 14.5 Å². The van der Waals surface area contributed by atoms with Crippen LogP contribution < -0.4 is 10.1 Å². The van der Waals surface area contributed by atoms with E-state index in [0.717, 1.165) is 9.87 Å². The van der Waals surface area contributed by atoms with Crippen LogP contribution in [0.4, 0.5) is 5.69 Å². The molecular weight excluding hydrogens is 418 g/mol. The van der Waals surface area contributed by atoms with Gasteiger partial charge in [-0.3, -0.25) is 4.79 Å². The first-order valence-electron chi connectivity index (χ1n) is 9.72. The minimum atomic E-state index is -3.72. The Morgan fingerprint density at radius 2 is 1.90 bits per heavy atom. The Bertz CT molecular complexity index is 1140. The lowest BCUT2D eigenvalue weighted by Crippen LogP contribution is -2.23. The van der Waals surface area contributed by atoms with Crippen molar-refractivity contribution in [2.75, 3.05) is 26.5 Å². The molecule has 0 saturated heterocycles. The zero-order valence-electron chi connectivity index (χ0n) is 17.7. The quantitative estimate of drug-likeness (QED) is 0.543. The molecule has 1 amide bonds. The predicted molar refractivity (Wildman–Crippen MR) is 117 cm³/mol. The topological polar surface area (TPSA) is 102 Å². The van der Waals surface area contributed by atoms with Crippen molar-refractivity contribution >= 4 is 21.6 Å². The van der Waals surface area contributed by atoms with Gasteiger partial charge in [-0.15, -0.1) is 0 Å². The highest BCUT2D eigenvalue weighted by molar-refractivity contribution is 7.89. The third kappa shape index (κ3) is 5.50. The summed E-state index contributed by atoms with van der Waals surface area (Å²) in [6, 6.07) is 14.2. The SMILES string of the molecule is COc1ccc(NC(=O)CCCc2ncc(-c3ccccc3)o2)cc1S(=O)(=O)N(C)C. The third-order valence-corrected chi connectivity index (χ3v) is 6.45. The number of nitrogens with zero attached hydrogens (tertiary/aromatic N) is 2. The molecule has 0 saturated carbocycles. The van der Waals surface area contributed by atoms with Crippen LogP contribution >= 0.6 is 0 Å². The number of anilines is 1. The van der Waals surface area contributed by atoms with Crippen molar-refractivity contribution in [1.29, 1.82) is 0 Å². The molecule has 0 bridgehead atoms. The second-order valence-corrected chi connectivity index (χ2v) is 9.16. The van der Waals surface area contributed by atoms with E-state index in [4.69, 9.17) is 9.15 Å². The minimum absolute atomic E-state index is 0.00831. The Balaban J connectivity index is 1.58. The lowest BCUT2D eigenvalue weighted by Gasteiger charge is -2.16. The highest BCUT2D eigenvalue weighted by atomic mass is 32.2. The van der Waals surface area contributed by atoms with Gasteiger partial charge in [0.1, 0.15) is 10.6 Å². The number of aromatic nitrogens is 1. The van der Waals surface area contributed by atoms with Crippen LogP contribution in [0.3, 0.4) is 0 Å². The van der Waals surface area contributed by atoms with E-state index in [1.807, 2.05) is 30.3 Å². The van der Waals surface area contributed by atoms with E-state index >= 15 is 0 Å². The van der Waals surface area contributed by atoms with Crippen molar-refractivity contribution in [3.8, 4) is 17.1 Å². The van der Waals surface area contributed by atoms with Gasteiger partial charge in [-0.05, 0) is 24.6 Å². The molecule has 8 nitrogen and oxygen atoms in total. The fourth-order valence-corrected chi connectivity index (χ4v) is 4.01. The van der Waals surface area contributed by atoms with E-state index in [1.165, 1.54) is 33.3 Å². The number of sulfonamides is 1. The number of hydrogen-bond donors (Lipinski definition) is 1. The van der Waals surface area contributed by atoms with Gasteiger partial charge in [0.2, 0.25) is 15.9 Å². The van der Waals surface area contributed by atoms with Gasteiger partial charge in [0, 0.05) is 38.2 Å². The van der Waals surface area contributed by atoms with Crippen LogP contribution in [0.5, 0.6) is 5.75 Å². The molecule has 3 rings (SSSR count). The van der Waals surface area contributed by atoms with E-state index in [0.29, 0.717) is 30.2 Å². The summed E-state index contributed by atoms with van der Waals surface area (Å²) in [5, 5.41) is 2.73. The van der Waals surface area contributed by atoms with Crippen molar-refractivity contribution in [1.82, 2.24) is 9.29 Å². The maximum absolute atomic E-state index is 12.5. The van der Waals surface area contributed by atoms with Crippen LogP contribution in [-0.4, -0.2) is 44.8 Å². The largest absolute Gasteiger partial charge is 0.495 e. The maximum Gasteiger partial charge on any atom is 0.246 e. The molecule has 0 aliphatic heterocycles. The number of oxazole rings is 1. The van der Waals surface area contributed by atoms with Crippen molar-refractivity contribution in [2.24, 2.45) is 0 Å². The summed E-state index contributed by atoms with van der Waals surface area (Å²) >= 11 is 0. The molecule has 1 aromatic heterocycles. The molecule has 0 spiro atoms. The van der Waals surface area contributed by atoms with Gasteiger partial charge in [0.05, 0.1) is 13.3 Å². The first-order valence-corrected chi connectivity index (χ1v) is 11.2. The Morgan fingerprint density at radius 3 is 2.58 bits per heavy atom. The normalized spacial score (nSPS) is 11.5. The molecule has 1 heterocycles. The Morgan fingerprint density at radius 1 is 1.16 bits per heavy atom. The van der Waals surface area contributed by atoms with Crippen LogP contribution in [0.2, 0.25) is 0 Å². The molecule has 0 fully saturated rings. The van der Waals surface area contributed by atoms with E-state index in [2.05, 4.69) is 10.3 Å². The number of hydrogen-bond acceptors (Lipinski definition) is 6. The number of aryl methyl sites for hydroxylation is 1. The molecule has 3 aromatic rings. The number of benzene rings is 2. The van der Waals surface area contributed by atoms with Gasteiger partial charge in [0.15, 0.2) is 11.7 Å². The van der Waals surface area contributed by atoms with Crippen LogP contribution in [0, 0.1) is 0 Å². The van der Waals surface area contributed by atoms with Crippen molar-refractivity contribution in [3.63, 3.8) is 0 Å². The van der Waals surface area contributed by atoms with Crippen LogP contribution in [-0.2, 0) is 21.2 Å². The van der Waals surface area contributed by atoms with Crippen molar-refractivity contribution in [3.05, 3.63) is 60.6 Å². The summed E-state index contributed by atoms with van der Waals surface area (Å²) in [6.45, 7) is 0. The molecule has 0 aliphatic carbocycles. The lowest BCUT2D eigenvalue weighted by molar-refractivity contribution is -0.116. The molecule has 1 N–H and O–H groups in total. The first kappa shape index (κ1) is 22.5. The highest BCUT2D eigenvalue weighted by Gasteiger charge is 2.23. The molecule has 0 aliphatic rings. The number of rotatable bonds is 9. The molecule has 31 heavy (non-hydrogen) atoms. The summed E-state index contributed by atoms with van der Waals surface area (Å²) in [7, 11) is 0.555. The van der Waals surface area contributed by atoms with Gasteiger partial charge in [-0.2, -0.15) is 0 Å². The number of ether oxygens (including phenoxy) is 1. The van der Waals surface area contributed by atoms with E-state index in [-0.39, 0.29) is 23.0 Å². The Hall–Kier alpha value is -3.17. The van der Waals surface area contributed by atoms with Crippen LogP contribution in [0.15, 0.2) is 64.0 Å². The third-order valence-electron chi connectivity index (χ3n) is 4.61. The molecule has 0 unspecified atom stereocenters. The van der Waals surface area contributed by atoms with Gasteiger partial charge >= 0.3 is 0 Å². The second-order valence-electron chi connectivity index (χ2n) is 7.04. The number of carbonyl (C=O) groups excluding carboxylic acids is 1. The van der Waals surface area contributed by atoms with Gasteiger partial charge in [-0.1, -0.05) is 30.3 Å². The fourth-order valence-electron chi connectivity index (χ4n) is 2.94. The summed E-state index contributed by atoms with van der Waals surface area (Å²) in [5.41, 5.74) is 1.33. The van der Waals surface area contributed by atoms with Crippen molar-refractivity contribution < 1.29 is 22.4 Å². The zero-order valence-corrected chi connectivity index (χ0v) is 18.5. The number of methoxy groups -OCH3 is 1. The molecule has 0 radical (unpaired) electrons. The fraction of sp³-hybridized carbons (Fsp3) is 0.273. The molecular formula is C22H25N3O5S. The van der Waals surface area contributed by atoms with Gasteiger partial charge in [-0.25, -0.2) is 17.7 Å². The predicted octanol–water partition coefficient (Wildman–Crippen LogP) is 3.56. The number of carbonyl (C=O) groups is 1. The smallest absolute Gasteiger partial charge is 0.246 e. The van der Waals surface area contributed by atoms with Crippen LogP contribution in [0.1, 0.15) is 18.7 Å².